The van der Waals surface area contributed by atoms with Gasteiger partial charge in [0.25, 0.3) is 5.91 Å². The van der Waals surface area contributed by atoms with Gasteiger partial charge in [0.15, 0.2) is 0 Å². The molecule has 31 heavy (non-hydrogen) atoms. The van der Waals surface area contributed by atoms with Crippen LogP contribution in [0, 0.1) is 13.8 Å². The van der Waals surface area contributed by atoms with Crippen LogP contribution < -0.4 is 21.5 Å². The van der Waals surface area contributed by atoms with Gasteiger partial charge in [-0.05, 0) is 40.0 Å². The van der Waals surface area contributed by atoms with E-state index in [-0.39, 0.29) is 5.91 Å². The Balaban J connectivity index is 1.92. The molecule has 9 heteroatoms. The van der Waals surface area contributed by atoms with Gasteiger partial charge < -0.3 is 15.4 Å². The molecule has 3 rings (SSSR count). The van der Waals surface area contributed by atoms with Crippen LogP contribution in [0.1, 0.15) is 59.7 Å². The number of hydrogen-bond acceptors (Lipinski definition) is 8. The van der Waals surface area contributed by atoms with E-state index in [2.05, 4.69) is 27.5 Å². The number of rotatable bonds is 8. The third kappa shape index (κ3) is 5.48. The number of nitrogens with one attached hydrogen (secondary N) is 2. The van der Waals surface area contributed by atoms with Crippen LogP contribution in [0.4, 0.5) is 11.5 Å². The maximum Gasteiger partial charge on any atom is 0.271 e. The molecule has 0 atom stereocenters. The van der Waals surface area contributed by atoms with Crippen LogP contribution in [-0.4, -0.2) is 46.7 Å². The topological polar surface area (TPSA) is 118 Å². The second kappa shape index (κ2) is 10.5. The number of hydrogen-bond donors (Lipinski definition) is 3. The number of pyridine rings is 1. The number of carbonyl (C=O) groups excluding carboxylic acids is 1. The standard InChI is InChI=1S/C22H33N7O2/c1-5-18-17(12-26-22(30)19-13-24-14(3)11-25-19)20(27-16-7-9-31-10-8-16)15(4)21(28-18)29(23)6-2/h11,13,16H,5-10,12,23H2,1-4H3,(H,26,30)(H,27,28). The van der Waals surface area contributed by atoms with Crippen molar-refractivity contribution in [3.8, 4) is 0 Å². The molecule has 1 aliphatic rings. The zero-order valence-electron chi connectivity index (χ0n) is 18.9. The van der Waals surface area contributed by atoms with Crippen LogP contribution in [0.3, 0.4) is 0 Å². The first-order valence-electron chi connectivity index (χ1n) is 10.9. The van der Waals surface area contributed by atoms with Gasteiger partial charge in [0.1, 0.15) is 11.5 Å². The van der Waals surface area contributed by atoms with E-state index in [4.69, 9.17) is 15.6 Å². The molecule has 0 aromatic carbocycles. The maximum absolute atomic E-state index is 12.6. The molecule has 1 aliphatic heterocycles. The van der Waals surface area contributed by atoms with Crippen molar-refractivity contribution in [1.29, 1.82) is 0 Å². The smallest absolute Gasteiger partial charge is 0.271 e. The average Bonchev–Trinajstić information content (AvgIpc) is 2.79. The Morgan fingerprint density at radius 3 is 2.58 bits per heavy atom. The van der Waals surface area contributed by atoms with E-state index in [1.54, 1.807) is 11.2 Å². The summed E-state index contributed by atoms with van der Waals surface area (Å²) in [4.78, 5) is 25.8. The number of hydrazine groups is 1. The highest BCUT2D eigenvalue weighted by molar-refractivity contribution is 5.92. The van der Waals surface area contributed by atoms with E-state index in [0.717, 1.165) is 66.5 Å². The molecule has 0 saturated carbocycles. The van der Waals surface area contributed by atoms with E-state index >= 15 is 0 Å². The zero-order chi connectivity index (χ0) is 22.4. The minimum absolute atomic E-state index is 0.262. The molecule has 1 saturated heterocycles. The van der Waals surface area contributed by atoms with Gasteiger partial charge in [0.05, 0.1) is 11.9 Å². The number of aryl methyl sites for hydroxylation is 2. The molecule has 168 valence electrons. The van der Waals surface area contributed by atoms with Gasteiger partial charge in [-0.15, -0.1) is 0 Å². The summed E-state index contributed by atoms with van der Waals surface area (Å²) in [5.74, 6) is 6.72. The summed E-state index contributed by atoms with van der Waals surface area (Å²) in [7, 11) is 0. The summed E-state index contributed by atoms with van der Waals surface area (Å²) in [6.07, 6.45) is 5.67. The minimum atomic E-state index is -0.262. The molecule has 1 fully saturated rings. The zero-order valence-corrected chi connectivity index (χ0v) is 18.9. The van der Waals surface area contributed by atoms with Gasteiger partial charge in [-0.25, -0.2) is 15.8 Å². The predicted octanol–water partition coefficient (Wildman–Crippen LogP) is 2.27. The van der Waals surface area contributed by atoms with Gasteiger partial charge in [-0.3, -0.25) is 14.8 Å². The van der Waals surface area contributed by atoms with Crippen LogP contribution in [0.5, 0.6) is 0 Å². The summed E-state index contributed by atoms with van der Waals surface area (Å²) >= 11 is 0. The van der Waals surface area contributed by atoms with Gasteiger partial charge in [-0.1, -0.05) is 6.92 Å². The average molecular weight is 428 g/mol. The number of anilines is 2. The molecule has 4 N–H and O–H groups in total. The lowest BCUT2D eigenvalue weighted by molar-refractivity contribution is 0.0904. The molecule has 2 aromatic heterocycles. The second-order valence-corrected chi connectivity index (χ2v) is 7.76. The van der Waals surface area contributed by atoms with E-state index in [9.17, 15) is 4.79 Å². The van der Waals surface area contributed by atoms with Crippen molar-refractivity contribution in [3.63, 3.8) is 0 Å². The van der Waals surface area contributed by atoms with Crippen molar-refractivity contribution in [1.82, 2.24) is 20.3 Å². The fraction of sp³-hybridized carbons (Fsp3) is 0.545. The van der Waals surface area contributed by atoms with Crippen molar-refractivity contribution in [2.24, 2.45) is 5.84 Å². The lowest BCUT2D eigenvalue weighted by atomic mass is 10.0. The Bertz CT molecular complexity index is 896. The molecule has 3 heterocycles. The molecular formula is C22H33N7O2. The van der Waals surface area contributed by atoms with E-state index in [1.807, 2.05) is 20.8 Å². The molecule has 0 aliphatic carbocycles. The maximum atomic E-state index is 12.6. The Morgan fingerprint density at radius 2 is 1.97 bits per heavy atom. The molecule has 9 nitrogen and oxygen atoms in total. The van der Waals surface area contributed by atoms with Gasteiger partial charge in [0.2, 0.25) is 0 Å². The lowest BCUT2D eigenvalue weighted by Gasteiger charge is -2.29. The summed E-state index contributed by atoms with van der Waals surface area (Å²) in [5, 5.41) is 8.35. The van der Waals surface area contributed by atoms with Crippen molar-refractivity contribution in [2.75, 3.05) is 30.1 Å². The molecule has 1 amide bonds. The molecule has 0 radical (unpaired) electrons. The third-order valence-electron chi connectivity index (χ3n) is 5.56. The Morgan fingerprint density at radius 1 is 1.23 bits per heavy atom. The van der Waals surface area contributed by atoms with Crippen LogP contribution >= 0.6 is 0 Å². The first kappa shape index (κ1) is 22.9. The molecule has 2 aromatic rings. The van der Waals surface area contributed by atoms with Crippen molar-refractivity contribution < 1.29 is 9.53 Å². The highest BCUT2D eigenvalue weighted by atomic mass is 16.5. The van der Waals surface area contributed by atoms with Gasteiger partial charge >= 0.3 is 0 Å². The third-order valence-corrected chi connectivity index (χ3v) is 5.56. The van der Waals surface area contributed by atoms with Gasteiger partial charge in [-0.2, -0.15) is 0 Å². The molecule has 0 unspecified atom stereocenters. The SMILES string of the molecule is CCc1nc(N(N)CC)c(C)c(NC2CCOCC2)c1CNC(=O)c1cnc(C)cn1. The normalized spacial score (nSPS) is 14.4. The number of nitrogens with two attached hydrogens (primary N) is 1. The monoisotopic (exact) mass is 427 g/mol. The fourth-order valence-electron chi connectivity index (χ4n) is 3.68. The molecule has 0 spiro atoms. The van der Waals surface area contributed by atoms with Crippen LogP contribution in [-0.2, 0) is 17.7 Å². The Kier molecular flexibility index (Phi) is 7.75. The largest absolute Gasteiger partial charge is 0.381 e. The van der Waals surface area contributed by atoms with Crippen molar-refractivity contribution in [2.45, 2.75) is 59.5 Å². The number of nitrogens with zero attached hydrogens (tertiary/aromatic N) is 4. The Labute approximate surface area is 183 Å². The van der Waals surface area contributed by atoms with Crippen molar-refractivity contribution in [3.05, 3.63) is 40.6 Å². The number of ether oxygens (including phenoxy) is 1. The highest BCUT2D eigenvalue weighted by Gasteiger charge is 2.23. The lowest BCUT2D eigenvalue weighted by Crippen LogP contribution is -2.34. The van der Waals surface area contributed by atoms with E-state index in [1.165, 1.54) is 6.20 Å². The van der Waals surface area contributed by atoms with Gasteiger partial charge in [0, 0.05) is 61.1 Å². The van der Waals surface area contributed by atoms with E-state index < -0.39 is 0 Å². The fourth-order valence-corrected chi connectivity index (χ4v) is 3.68. The minimum Gasteiger partial charge on any atom is -0.381 e. The molecule has 0 bridgehead atoms. The van der Waals surface area contributed by atoms with Crippen molar-refractivity contribution >= 4 is 17.4 Å². The number of amides is 1. The first-order chi connectivity index (χ1) is 14.9. The van der Waals surface area contributed by atoms with E-state index in [0.29, 0.717) is 24.8 Å². The highest BCUT2D eigenvalue weighted by Crippen LogP contribution is 2.32. The second-order valence-electron chi connectivity index (χ2n) is 7.76. The number of carbonyl (C=O) groups is 1. The summed E-state index contributed by atoms with van der Waals surface area (Å²) in [6, 6.07) is 0.303. The van der Waals surface area contributed by atoms with Crippen LogP contribution in [0.15, 0.2) is 12.4 Å². The predicted molar refractivity (Wildman–Crippen MR) is 121 cm³/mol. The van der Waals surface area contributed by atoms with Crippen LogP contribution in [0.25, 0.3) is 0 Å². The van der Waals surface area contributed by atoms with Crippen LogP contribution in [0.2, 0.25) is 0 Å². The molecular weight excluding hydrogens is 394 g/mol. The number of aromatic nitrogens is 3. The Hall–Kier alpha value is -2.78. The quantitative estimate of drug-likeness (QED) is 0.434. The summed E-state index contributed by atoms with van der Waals surface area (Å²) in [6.45, 7) is 10.4. The summed E-state index contributed by atoms with van der Waals surface area (Å²) in [5.41, 5.74) is 4.93. The summed E-state index contributed by atoms with van der Waals surface area (Å²) < 4.78 is 5.51. The first-order valence-corrected chi connectivity index (χ1v) is 10.9.